The fraction of sp³-hybridized carbons (Fsp3) is 0.192. The lowest BCUT2D eigenvalue weighted by Crippen LogP contribution is -2.10. The molecule has 0 aromatic heterocycles. The summed E-state index contributed by atoms with van der Waals surface area (Å²) >= 11 is 0. The highest BCUT2D eigenvalue weighted by molar-refractivity contribution is 6.28. The standard InChI is InChI=1S/C26H26O8/c1-17(27)34-16-20(21(28)10-6-18-8-12-23(30-2)25(14-18)32-4)22(29)11-7-19-9-13-24(31-3)26(15-19)33-5/h6-16H,1-5H3. The average Bonchev–Trinajstić information content (AvgIpc) is 2.85. The minimum atomic E-state index is -0.661. The quantitative estimate of drug-likeness (QED) is 0.161. The number of hydrogen-bond acceptors (Lipinski definition) is 8. The van der Waals surface area contributed by atoms with E-state index in [4.69, 9.17) is 23.7 Å². The van der Waals surface area contributed by atoms with Gasteiger partial charge in [0.2, 0.25) is 0 Å². The van der Waals surface area contributed by atoms with Gasteiger partial charge in [0.05, 0.1) is 28.4 Å². The van der Waals surface area contributed by atoms with Crippen LogP contribution in [-0.4, -0.2) is 46.0 Å². The zero-order valence-electron chi connectivity index (χ0n) is 19.6. The van der Waals surface area contributed by atoms with Crippen molar-refractivity contribution in [3.8, 4) is 23.0 Å². The van der Waals surface area contributed by atoms with Crippen LogP contribution in [0.2, 0.25) is 0 Å². The lowest BCUT2D eigenvalue weighted by molar-refractivity contribution is -0.135. The van der Waals surface area contributed by atoms with Gasteiger partial charge in [-0.05, 0) is 47.5 Å². The fourth-order valence-corrected chi connectivity index (χ4v) is 2.82. The van der Waals surface area contributed by atoms with Crippen molar-refractivity contribution in [2.75, 3.05) is 28.4 Å². The van der Waals surface area contributed by atoms with E-state index in [2.05, 4.69) is 0 Å². The van der Waals surface area contributed by atoms with Gasteiger partial charge in [-0.25, -0.2) is 0 Å². The Bertz CT molecular complexity index is 1060. The molecule has 0 radical (unpaired) electrons. The number of rotatable bonds is 11. The smallest absolute Gasteiger partial charge is 0.307 e. The Morgan fingerprint density at radius 3 is 1.41 bits per heavy atom. The van der Waals surface area contributed by atoms with Crippen LogP contribution in [0.25, 0.3) is 12.2 Å². The first-order chi connectivity index (χ1) is 16.3. The van der Waals surface area contributed by atoms with Crippen molar-refractivity contribution in [3.05, 3.63) is 71.5 Å². The van der Waals surface area contributed by atoms with E-state index in [0.717, 1.165) is 6.26 Å². The Morgan fingerprint density at radius 2 is 1.06 bits per heavy atom. The largest absolute Gasteiger partial charge is 0.493 e. The van der Waals surface area contributed by atoms with Crippen LogP contribution >= 0.6 is 0 Å². The highest BCUT2D eigenvalue weighted by Crippen LogP contribution is 2.29. The SMILES string of the molecule is COc1ccc(C=CC(=O)C(=COC(C)=O)C(=O)C=Cc2ccc(OC)c(OC)c2)cc1OC. The fourth-order valence-electron chi connectivity index (χ4n) is 2.82. The van der Waals surface area contributed by atoms with Gasteiger partial charge in [0.25, 0.3) is 0 Å². The Labute approximate surface area is 198 Å². The molecule has 0 saturated heterocycles. The molecule has 178 valence electrons. The molecule has 0 aliphatic heterocycles. The van der Waals surface area contributed by atoms with E-state index >= 15 is 0 Å². The second-order valence-electron chi connectivity index (χ2n) is 6.76. The zero-order valence-corrected chi connectivity index (χ0v) is 19.6. The van der Waals surface area contributed by atoms with E-state index < -0.39 is 17.5 Å². The molecule has 0 amide bonds. The number of benzene rings is 2. The number of methoxy groups -OCH3 is 4. The molecule has 0 saturated carbocycles. The van der Waals surface area contributed by atoms with Crippen molar-refractivity contribution in [1.29, 1.82) is 0 Å². The number of esters is 1. The van der Waals surface area contributed by atoms with Gasteiger partial charge in [-0.2, -0.15) is 0 Å². The van der Waals surface area contributed by atoms with Gasteiger partial charge in [-0.1, -0.05) is 24.3 Å². The summed E-state index contributed by atoms with van der Waals surface area (Å²) in [6.07, 6.45) is 6.29. The van der Waals surface area contributed by atoms with Gasteiger partial charge in [-0.15, -0.1) is 0 Å². The summed E-state index contributed by atoms with van der Waals surface area (Å²) in [5.74, 6) is 0.110. The van der Waals surface area contributed by atoms with E-state index in [1.807, 2.05) is 0 Å². The Morgan fingerprint density at radius 1 is 0.647 bits per heavy atom. The van der Waals surface area contributed by atoms with E-state index in [9.17, 15) is 14.4 Å². The molecule has 0 atom stereocenters. The van der Waals surface area contributed by atoms with Crippen molar-refractivity contribution < 1.29 is 38.1 Å². The molecule has 0 bridgehead atoms. The molecule has 0 aliphatic carbocycles. The minimum Gasteiger partial charge on any atom is -0.493 e. The Hall–Kier alpha value is -4.33. The Kier molecular flexibility index (Phi) is 9.64. The molecule has 0 unspecified atom stereocenters. The summed E-state index contributed by atoms with van der Waals surface area (Å²) in [5, 5.41) is 0. The number of carbonyl (C=O) groups excluding carboxylic acids is 3. The maximum atomic E-state index is 12.7. The van der Waals surface area contributed by atoms with Gasteiger partial charge < -0.3 is 23.7 Å². The lowest BCUT2D eigenvalue weighted by atomic mass is 10.0. The molecule has 0 fully saturated rings. The third-order valence-corrected chi connectivity index (χ3v) is 4.54. The maximum Gasteiger partial charge on any atom is 0.307 e. The molecule has 8 nitrogen and oxygen atoms in total. The first kappa shape index (κ1) is 25.9. The molecular weight excluding hydrogens is 440 g/mol. The van der Waals surface area contributed by atoms with Crippen LogP contribution < -0.4 is 18.9 Å². The van der Waals surface area contributed by atoms with Crippen molar-refractivity contribution in [1.82, 2.24) is 0 Å². The molecule has 0 aliphatic rings. The number of carbonyl (C=O) groups is 3. The van der Waals surface area contributed by atoms with Gasteiger partial charge in [0, 0.05) is 6.92 Å². The summed E-state index contributed by atoms with van der Waals surface area (Å²) in [4.78, 5) is 36.7. The third-order valence-electron chi connectivity index (χ3n) is 4.54. The second kappa shape index (κ2) is 12.6. The lowest BCUT2D eigenvalue weighted by Gasteiger charge is -2.08. The minimum absolute atomic E-state index is 0.316. The van der Waals surface area contributed by atoms with Crippen LogP contribution in [0.3, 0.4) is 0 Å². The normalized spacial score (nSPS) is 10.6. The van der Waals surface area contributed by atoms with Crippen molar-refractivity contribution in [2.45, 2.75) is 6.92 Å². The monoisotopic (exact) mass is 466 g/mol. The van der Waals surface area contributed by atoms with E-state index in [0.29, 0.717) is 34.1 Å². The second-order valence-corrected chi connectivity index (χ2v) is 6.76. The summed E-state index contributed by atoms with van der Waals surface area (Å²) in [6, 6.07) is 10.2. The van der Waals surface area contributed by atoms with Crippen molar-refractivity contribution in [3.63, 3.8) is 0 Å². The average molecular weight is 466 g/mol. The van der Waals surface area contributed by atoms with Crippen LogP contribution in [0.4, 0.5) is 0 Å². The maximum absolute atomic E-state index is 12.7. The van der Waals surface area contributed by atoms with Crippen LogP contribution in [0.5, 0.6) is 23.0 Å². The molecule has 0 spiro atoms. The highest BCUT2D eigenvalue weighted by Gasteiger charge is 2.15. The molecule has 2 aromatic carbocycles. The molecule has 0 N–H and O–H groups in total. The number of hydrogen-bond donors (Lipinski definition) is 0. The van der Waals surface area contributed by atoms with Crippen LogP contribution in [0.15, 0.2) is 60.4 Å². The summed E-state index contributed by atoms with van der Waals surface area (Å²) in [6.45, 7) is 1.17. The number of ketones is 2. The molecule has 34 heavy (non-hydrogen) atoms. The summed E-state index contributed by atoms with van der Waals surface area (Å²) in [5.41, 5.74) is 0.973. The third kappa shape index (κ3) is 7.09. The van der Waals surface area contributed by atoms with Gasteiger partial charge in [0.1, 0.15) is 11.8 Å². The topological polar surface area (TPSA) is 97.4 Å². The molecular formula is C26H26O8. The van der Waals surface area contributed by atoms with Gasteiger partial charge in [-0.3, -0.25) is 14.4 Å². The molecule has 2 aromatic rings. The molecule has 0 heterocycles. The summed E-state index contributed by atoms with van der Waals surface area (Å²) < 4.78 is 25.7. The van der Waals surface area contributed by atoms with Crippen LogP contribution in [0, 0.1) is 0 Å². The predicted octanol–water partition coefficient (Wildman–Crippen LogP) is 4.03. The van der Waals surface area contributed by atoms with Crippen molar-refractivity contribution >= 4 is 29.7 Å². The van der Waals surface area contributed by atoms with Crippen LogP contribution in [0.1, 0.15) is 18.1 Å². The van der Waals surface area contributed by atoms with E-state index in [-0.39, 0.29) is 5.57 Å². The van der Waals surface area contributed by atoms with Crippen molar-refractivity contribution in [2.24, 2.45) is 0 Å². The van der Waals surface area contributed by atoms with E-state index in [1.165, 1.54) is 59.7 Å². The van der Waals surface area contributed by atoms with E-state index in [1.54, 1.807) is 36.4 Å². The molecule has 8 heteroatoms. The first-order valence-corrected chi connectivity index (χ1v) is 10.1. The Balaban J connectivity index is 2.27. The first-order valence-electron chi connectivity index (χ1n) is 10.1. The summed E-state index contributed by atoms with van der Waals surface area (Å²) in [7, 11) is 6.04. The predicted molar refractivity (Wildman–Crippen MR) is 127 cm³/mol. The van der Waals surface area contributed by atoms with Gasteiger partial charge >= 0.3 is 5.97 Å². The van der Waals surface area contributed by atoms with Gasteiger partial charge in [0.15, 0.2) is 34.6 Å². The van der Waals surface area contributed by atoms with Crippen LogP contribution in [-0.2, 0) is 19.1 Å². The molecule has 2 rings (SSSR count). The zero-order chi connectivity index (χ0) is 25.1. The number of ether oxygens (including phenoxy) is 5. The number of allylic oxidation sites excluding steroid dienone is 3. The highest BCUT2D eigenvalue weighted by atomic mass is 16.5.